The van der Waals surface area contributed by atoms with Crippen molar-refractivity contribution in [3.8, 4) is 0 Å². The zero-order valence-electron chi connectivity index (χ0n) is 37.7. The fraction of sp³-hybridized carbons (Fsp3) is 0.900. The number of carbonyl (C=O) groups excluding carboxylic acids is 3. The predicted molar refractivity (Wildman–Crippen MR) is 238 cm³/mol. The van der Waals surface area contributed by atoms with Crippen LogP contribution in [0.25, 0.3) is 0 Å². The lowest BCUT2D eigenvalue weighted by molar-refractivity contribution is -0.167. The van der Waals surface area contributed by atoms with Gasteiger partial charge in [0.25, 0.3) is 0 Å². The Morgan fingerprint density at radius 3 is 0.946 bits per heavy atom. The number of ether oxygens (including phenoxy) is 3. The zero-order valence-corrected chi connectivity index (χ0v) is 37.7. The van der Waals surface area contributed by atoms with Gasteiger partial charge in [-0.2, -0.15) is 0 Å². The average Bonchev–Trinajstić information content (AvgIpc) is 3.19. The van der Waals surface area contributed by atoms with Crippen molar-refractivity contribution in [2.45, 2.75) is 277 Å². The van der Waals surface area contributed by atoms with E-state index in [1.807, 2.05) is 0 Å². The number of carbonyl (C=O) groups is 3. The molecular weight excluding hydrogens is 697 g/mol. The van der Waals surface area contributed by atoms with Crippen molar-refractivity contribution < 1.29 is 28.6 Å². The number of hydrogen-bond acceptors (Lipinski definition) is 6. The van der Waals surface area contributed by atoms with E-state index in [1.165, 1.54) is 167 Å². The summed E-state index contributed by atoms with van der Waals surface area (Å²) in [6, 6.07) is 0. The van der Waals surface area contributed by atoms with Crippen LogP contribution in [0.3, 0.4) is 0 Å². The van der Waals surface area contributed by atoms with Gasteiger partial charge in [0.2, 0.25) is 0 Å². The van der Waals surface area contributed by atoms with E-state index < -0.39 is 6.10 Å². The Morgan fingerprint density at radius 1 is 0.339 bits per heavy atom. The van der Waals surface area contributed by atoms with Gasteiger partial charge in [-0.1, -0.05) is 226 Å². The summed E-state index contributed by atoms with van der Waals surface area (Å²) in [5.41, 5.74) is 0. The molecular formula is C50H94O6. The van der Waals surface area contributed by atoms with E-state index in [9.17, 15) is 14.4 Å². The second-order valence-corrected chi connectivity index (χ2v) is 16.7. The van der Waals surface area contributed by atoms with Crippen LogP contribution in [0.15, 0.2) is 12.2 Å². The first kappa shape index (κ1) is 54.2. The summed E-state index contributed by atoms with van der Waals surface area (Å²) in [7, 11) is 0. The standard InChI is InChI=1S/C50H94O6/c1-4-7-10-13-16-19-21-22-23-24-25-26-27-28-30-31-34-37-40-43-49(52)55-46-47(45-54-48(51)42-39-36-33-18-15-12-9-6-3)56-50(53)44-41-38-35-32-29-20-17-14-11-8-5-2/h14,17,47H,4-13,15-16,18-46H2,1-3H3/b17-14-. The molecule has 1 atom stereocenters. The summed E-state index contributed by atoms with van der Waals surface area (Å²) in [6.45, 7) is 6.59. The molecule has 0 rings (SSSR count). The van der Waals surface area contributed by atoms with Crippen molar-refractivity contribution in [3.63, 3.8) is 0 Å². The first-order chi connectivity index (χ1) is 27.5. The van der Waals surface area contributed by atoms with Gasteiger partial charge in [-0.15, -0.1) is 0 Å². The van der Waals surface area contributed by atoms with Crippen molar-refractivity contribution in [2.24, 2.45) is 0 Å². The Morgan fingerprint density at radius 2 is 0.607 bits per heavy atom. The molecule has 0 spiro atoms. The van der Waals surface area contributed by atoms with Gasteiger partial charge in [0.05, 0.1) is 0 Å². The molecule has 0 fully saturated rings. The SMILES string of the molecule is CCCC/C=C\CCCCCCCC(=O)OC(COC(=O)CCCCCCCCCC)COC(=O)CCCCCCCCCCCCCCCCCCCCC. The fourth-order valence-electron chi connectivity index (χ4n) is 7.25. The predicted octanol–water partition coefficient (Wildman–Crippen LogP) is 15.8. The minimum atomic E-state index is -0.765. The second kappa shape index (κ2) is 45.8. The molecule has 0 aliphatic carbocycles. The largest absolute Gasteiger partial charge is 0.462 e. The van der Waals surface area contributed by atoms with Gasteiger partial charge in [-0.25, -0.2) is 0 Å². The molecule has 0 aromatic heterocycles. The maximum absolute atomic E-state index is 12.7. The number of unbranched alkanes of at least 4 members (excludes halogenated alkanes) is 32. The molecule has 6 heteroatoms. The third-order valence-electron chi connectivity index (χ3n) is 11.0. The lowest BCUT2D eigenvalue weighted by Crippen LogP contribution is -2.30. The molecule has 0 saturated carbocycles. The van der Waals surface area contributed by atoms with Crippen LogP contribution in [0, 0.1) is 0 Å². The smallest absolute Gasteiger partial charge is 0.306 e. The van der Waals surface area contributed by atoms with Crippen LogP contribution in [0.1, 0.15) is 271 Å². The quantitative estimate of drug-likeness (QED) is 0.0264. The molecule has 330 valence electrons. The van der Waals surface area contributed by atoms with Crippen molar-refractivity contribution in [1.29, 1.82) is 0 Å². The van der Waals surface area contributed by atoms with Gasteiger partial charge in [0.1, 0.15) is 13.2 Å². The van der Waals surface area contributed by atoms with Gasteiger partial charge in [0, 0.05) is 19.3 Å². The van der Waals surface area contributed by atoms with E-state index in [-0.39, 0.29) is 31.1 Å². The Bertz CT molecular complexity index is 870. The lowest BCUT2D eigenvalue weighted by atomic mass is 10.0. The van der Waals surface area contributed by atoms with Crippen molar-refractivity contribution in [3.05, 3.63) is 12.2 Å². The molecule has 1 unspecified atom stereocenters. The Hall–Kier alpha value is -1.85. The minimum absolute atomic E-state index is 0.0689. The molecule has 6 nitrogen and oxygen atoms in total. The number of allylic oxidation sites excluding steroid dienone is 2. The van der Waals surface area contributed by atoms with Crippen molar-refractivity contribution in [1.82, 2.24) is 0 Å². The summed E-state index contributed by atoms with van der Waals surface area (Å²) >= 11 is 0. The monoisotopic (exact) mass is 791 g/mol. The van der Waals surface area contributed by atoms with Crippen LogP contribution in [0.5, 0.6) is 0 Å². The summed E-state index contributed by atoms with van der Waals surface area (Å²) in [5.74, 6) is -0.871. The Balaban J connectivity index is 4.19. The van der Waals surface area contributed by atoms with Gasteiger partial charge >= 0.3 is 17.9 Å². The molecule has 0 amide bonds. The highest BCUT2D eigenvalue weighted by molar-refractivity contribution is 5.71. The third kappa shape index (κ3) is 43.3. The van der Waals surface area contributed by atoms with E-state index in [4.69, 9.17) is 14.2 Å². The molecule has 0 aliphatic heterocycles. The second-order valence-electron chi connectivity index (χ2n) is 16.7. The Kier molecular flexibility index (Phi) is 44.3. The molecule has 0 bridgehead atoms. The molecule has 0 N–H and O–H groups in total. The summed E-state index contributed by atoms with van der Waals surface area (Å²) in [4.78, 5) is 37.7. The van der Waals surface area contributed by atoms with E-state index in [2.05, 4.69) is 32.9 Å². The average molecular weight is 791 g/mol. The maximum atomic E-state index is 12.7. The first-order valence-electron chi connectivity index (χ1n) is 24.7. The van der Waals surface area contributed by atoms with Crippen LogP contribution >= 0.6 is 0 Å². The van der Waals surface area contributed by atoms with Crippen molar-refractivity contribution >= 4 is 17.9 Å². The number of esters is 3. The molecule has 0 radical (unpaired) electrons. The van der Waals surface area contributed by atoms with E-state index in [0.717, 1.165) is 64.2 Å². The molecule has 0 aromatic carbocycles. The van der Waals surface area contributed by atoms with Gasteiger partial charge < -0.3 is 14.2 Å². The number of hydrogen-bond donors (Lipinski definition) is 0. The first-order valence-corrected chi connectivity index (χ1v) is 24.7. The van der Waals surface area contributed by atoms with Gasteiger partial charge in [-0.3, -0.25) is 14.4 Å². The van der Waals surface area contributed by atoms with Gasteiger partial charge in [0.15, 0.2) is 6.10 Å². The molecule has 56 heavy (non-hydrogen) atoms. The summed E-state index contributed by atoms with van der Waals surface area (Å²) in [6.07, 6.45) is 49.2. The molecule has 0 aromatic rings. The van der Waals surface area contributed by atoms with Crippen LogP contribution in [0.2, 0.25) is 0 Å². The Labute approximate surface area is 348 Å². The van der Waals surface area contributed by atoms with E-state index >= 15 is 0 Å². The van der Waals surface area contributed by atoms with Gasteiger partial charge in [-0.05, 0) is 38.5 Å². The van der Waals surface area contributed by atoms with E-state index in [1.54, 1.807) is 0 Å². The third-order valence-corrected chi connectivity index (χ3v) is 11.0. The summed E-state index contributed by atoms with van der Waals surface area (Å²) in [5, 5.41) is 0. The van der Waals surface area contributed by atoms with Crippen LogP contribution in [0.4, 0.5) is 0 Å². The highest BCUT2D eigenvalue weighted by Gasteiger charge is 2.19. The van der Waals surface area contributed by atoms with Crippen LogP contribution in [-0.2, 0) is 28.6 Å². The summed E-state index contributed by atoms with van der Waals surface area (Å²) < 4.78 is 16.7. The molecule has 0 aliphatic rings. The topological polar surface area (TPSA) is 78.9 Å². The zero-order chi connectivity index (χ0) is 40.8. The molecule has 0 heterocycles. The highest BCUT2D eigenvalue weighted by Crippen LogP contribution is 2.16. The minimum Gasteiger partial charge on any atom is -0.462 e. The van der Waals surface area contributed by atoms with Crippen LogP contribution < -0.4 is 0 Å². The van der Waals surface area contributed by atoms with E-state index in [0.29, 0.717) is 19.3 Å². The normalized spacial score (nSPS) is 12.0. The van der Waals surface area contributed by atoms with Crippen molar-refractivity contribution in [2.75, 3.05) is 13.2 Å². The lowest BCUT2D eigenvalue weighted by Gasteiger charge is -2.18. The highest BCUT2D eigenvalue weighted by atomic mass is 16.6. The van der Waals surface area contributed by atoms with Crippen LogP contribution in [-0.4, -0.2) is 37.2 Å². The fourth-order valence-corrected chi connectivity index (χ4v) is 7.25. The number of rotatable bonds is 45. The molecule has 0 saturated heterocycles. The maximum Gasteiger partial charge on any atom is 0.306 e.